The Balaban J connectivity index is 2.02. The lowest BCUT2D eigenvalue weighted by molar-refractivity contribution is -0.124. The zero-order valence-corrected chi connectivity index (χ0v) is 12.2. The van der Waals surface area contributed by atoms with Gasteiger partial charge in [-0.15, -0.1) is 0 Å². The van der Waals surface area contributed by atoms with Gasteiger partial charge in [-0.1, -0.05) is 26.0 Å². The summed E-state index contributed by atoms with van der Waals surface area (Å²) >= 11 is 0. The van der Waals surface area contributed by atoms with E-state index in [1.807, 2.05) is 31.2 Å². The number of nitrogens with zero attached hydrogens (tertiary/aromatic N) is 2. The number of hydrogen-bond acceptors (Lipinski definition) is 2. The van der Waals surface area contributed by atoms with E-state index in [0.29, 0.717) is 12.2 Å². The number of fused-ring (bicyclic) bond motifs is 1. The summed E-state index contributed by atoms with van der Waals surface area (Å²) in [4.78, 5) is 28.4. The van der Waals surface area contributed by atoms with Crippen LogP contribution in [0.15, 0.2) is 24.3 Å². The Kier molecular flexibility index (Phi) is 2.85. The molecule has 1 aromatic carbocycles. The van der Waals surface area contributed by atoms with Gasteiger partial charge in [0.2, 0.25) is 0 Å². The van der Waals surface area contributed by atoms with Crippen molar-refractivity contribution >= 4 is 17.6 Å². The average molecular weight is 272 g/mol. The van der Waals surface area contributed by atoms with Gasteiger partial charge >= 0.3 is 6.03 Å². The van der Waals surface area contributed by atoms with Crippen molar-refractivity contribution in [1.82, 2.24) is 4.90 Å². The zero-order chi connectivity index (χ0) is 14.5. The Morgan fingerprint density at radius 1 is 1.25 bits per heavy atom. The van der Waals surface area contributed by atoms with Gasteiger partial charge in [-0.25, -0.2) is 9.69 Å². The third-order valence-electron chi connectivity index (χ3n) is 4.42. The van der Waals surface area contributed by atoms with Gasteiger partial charge in [-0.05, 0) is 42.9 Å². The number of anilines is 1. The average Bonchev–Trinajstić information content (AvgIpc) is 2.62. The highest BCUT2D eigenvalue weighted by Gasteiger charge is 2.53. The number of piperidine rings is 1. The van der Waals surface area contributed by atoms with Gasteiger partial charge in [0, 0.05) is 6.54 Å². The van der Waals surface area contributed by atoms with E-state index in [9.17, 15) is 9.59 Å². The molecule has 2 saturated heterocycles. The van der Waals surface area contributed by atoms with Gasteiger partial charge in [0.1, 0.15) is 6.04 Å². The molecular formula is C16H20N2O2. The van der Waals surface area contributed by atoms with Crippen LogP contribution in [-0.4, -0.2) is 29.4 Å². The minimum Gasteiger partial charge on any atom is -0.311 e. The van der Waals surface area contributed by atoms with Crippen molar-refractivity contribution in [3.05, 3.63) is 29.8 Å². The molecular weight excluding hydrogens is 252 g/mol. The third-order valence-corrected chi connectivity index (χ3v) is 4.42. The van der Waals surface area contributed by atoms with Gasteiger partial charge in [0.05, 0.1) is 5.69 Å². The SMILES string of the molecule is Cc1cccc(N2C(=O)C3N(CCCC3(C)C)C2=O)c1. The number of carbonyl (C=O) groups excluding carboxylic acids is 2. The van der Waals surface area contributed by atoms with Crippen molar-refractivity contribution in [3.8, 4) is 0 Å². The Hall–Kier alpha value is -1.84. The first kappa shape index (κ1) is 13.2. The summed E-state index contributed by atoms with van der Waals surface area (Å²) in [5.41, 5.74) is 1.58. The van der Waals surface area contributed by atoms with Gasteiger partial charge < -0.3 is 4.90 Å². The van der Waals surface area contributed by atoms with Crippen molar-refractivity contribution in [2.45, 2.75) is 39.7 Å². The van der Waals surface area contributed by atoms with Crippen LogP contribution in [0.1, 0.15) is 32.3 Å². The summed E-state index contributed by atoms with van der Waals surface area (Å²) in [6, 6.07) is 7.08. The Morgan fingerprint density at radius 2 is 2.00 bits per heavy atom. The highest BCUT2D eigenvalue weighted by molar-refractivity contribution is 6.21. The van der Waals surface area contributed by atoms with E-state index in [1.54, 1.807) is 4.90 Å². The van der Waals surface area contributed by atoms with Crippen molar-refractivity contribution in [1.29, 1.82) is 0 Å². The van der Waals surface area contributed by atoms with Crippen LogP contribution in [0, 0.1) is 12.3 Å². The lowest BCUT2D eigenvalue weighted by Gasteiger charge is -2.39. The molecule has 4 nitrogen and oxygen atoms in total. The molecule has 2 aliphatic heterocycles. The van der Waals surface area contributed by atoms with Gasteiger partial charge in [0.25, 0.3) is 5.91 Å². The third kappa shape index (κ3) is 1.82. The molecule has 4 heteroatoms. The van der Waals surface area contributed by atoms with Crippen LogP contribution in [0.4, 0.5) is 10.5 Å². The first-order valence-electron chi connectivity index (χ1n) is 7.13. The van der Waals surface area contributed by atoms with Crippen LogP contribution in [0.25, 0.3) is 0 Å². The molecule has 1 aromatic rings. The molecule has 0 aromatic heterocycles. The molecule has 0 N–H and O–H groups in total. The highest BCUT2D eigenvalue weighted by atomic mass is 16.2. The number of hydrogen-bond donors (Lipinski definition) is 0. The number of rotatable bonds is 1. The largest absolute Gasteiger partial charge is 0.332 e. The zero-order valence-electron chi connectivity index (χ0n) is 12.2. The second kappa shape index (κ2) is 4.33. The molecule has 2 heterocycles. The molecule has 2 fully saturated rings. The number of carbonyl (C=O) groups is 2. The predicted octanol–water partition coefficient (Wildman–Crippen LogP) is 2.95. The molecule has 20 heavy (non-hydrogen) atoms. The molecule has 0 saturated carbocycles. The molecule has 0 radical (unpaired) electrons. The number of benzene rings is 1. The Bertz CT molecular complexity index is 580. The molecule has 1 unspecified atom stereocenters. The van der Waals surface area contributed by atoms with Crippen molar-refractivity contribution in [2.24, 2.45) is 5.41 Å². The minimum absolute atomic E-state index is 0.0784. The second-order valence-corrected chi connectivity index (χ2v) is 6.48. The number of amides is 3. The number of imide groups is 1. The van der Waals surface area contributed by atoms with E-state index >= 15 is 0 Å². The summed E-state index contributed by atoms with van der Waals surface area (Å²) in [5, 5.41) is 0. The number of urea groups is 1. The Labute approximate surface area is 119 Å². The second-order valence-electron chi connectivity index (χ2n) is 6.48. The first-order valence-corrected chi connectivity index (χ1v) is 7.13. The predicted molar refractivity (Wildman–Crippen MR) is 77.6 cm³/mol. The summed E-state index contributed by atoms with van der Waals surface area (Å²) in [6.45, 7) is 6.80. The number of aryl methyl sites for hydroxylation is 1. The maximum atomic E-state index is 12.7. The molecule has 1 atom stereocenters. The van der Waals surface area contributed by atoms with E-state index in [4.69, 9.17) is 0 Å². The van der Waals surface area contributed by atoms with E-state index in [2.05, 4.69) is 13.8 Å². The molecule has 2 aliphatic rings. The smallest absolute Gasteiger partial charge is 0.311 e. The van der Waals surface area contributed by atoms with E-state index in [0.717, 1.165) is 18.4 Å². The lowest BCUT2D eigenvalue weighted by Crippen LogP contribution is -2.49. The maximum absolute atomic E-state index is 12.7. The quantitative estimate of drug-likeness (QED) is 0.737. The summed E-state index contributed by atoms with van der Waals surface area (Å²) in [5.74, 6) is -0.0784. The summed E-state index contributed by atoms with van der Waals surface area (Å²) in [6.07, 6.45) is 1.94. The fourth-order valence-corrected chi connectivity index (χ4v) is 3.42. The Morgan fingerprint density at radius 3 is 2.65 bits per heavy atom. The van der Waals surface area contributed by atoms with Crippen molar-refractivity contribution in [3.63, 3.8) is 0 Å². The maximum Gasteiger partial charge on any atom is 0.332 e. The minimum atomic E-state index is -0.315. The van der Waals surface area contributed by atoms with E-state index in [1.165, 1.54) is 4.90 Å². The van der Waals surface area contributed by atoms with Gasteiger partial charge in [-0.2, -0.15) is 0 Å². The van der Waals surface area contributed by atoms with Crippen molar-refractivity contribution in [2.75, 3.05) is 11.4 Å². The summed E-state index contributed by atoms with van der Waals surface area (Å²) < 4.78 is 0. The molecule has 106 valence electrons. The molecule has 0 aliphatic carbocycles. The molecule has 0 bridgehead atoms. The molecule has 3 amide bonds. The normalized spacial score (nSPS) is 25.1. The standard InChI is InChI=1S/C16H20N2O2/c1-11-6-4-7-12(10-11)18-14(19)13-16(2,3)8-5-9-17(13)15(18)20/h4,6-7,10,13H,5,8-9H2,1-3H3. The fraction of sp³-hybridized carbons (Fsp3) is 0.500. The van der Waals surface area contributed by atoms with Gasteiger partial charge in [0.15, 0.2) is 0 Å². The van der Waals surface area contributed by atoms with Crippen LogP contribution in [-0.2, 0) is 4.79 Å². The topological polar surface area (TPSA) is 40.6 Å². The fourth-order valence-electron chi connectivity index (χ4n) is 3.42. The summed E-state index contributed by atoms with van der Waals surface area (Å²) in [7, 11) is 0. The monoisotopic (exact) mass is 272 g/mol. The van der Waals surface area contributed by atoms with E-state index in [-0.39, 0.29) is 23.4 Å². The van der Waals surface area contributed by atoms with Crippen LogP contribution in [0.5, 0.6) is 0 Å². The van der Waals surface area contributed by atoms with Crippen molar-refractivity contribution < 1.29 is 9.59 Å². The first-order chi connectivity index (χ1) is 9.42. The van der Waals surface area contributed by atoms with Crippen LogP contribution >= 0.6 is 0 Å². The van der Waals surface area contributed by atoms with Crippen LogP contribution in [0.2, 0.25) is 0 Å². The van der Waals surface area contributed by atoms with E-state index < -0.39 is 0 Å². The van der Waals surface area contributed by atoms with Gasteiger partial charge in [-0.3, -0.25) is 4.79 Å². The van der Waals surface area contributed by atoms with Crippen LogP contribution < -0.4 is 4.90 Å². The lowest BCUT2D eigenvalue weighted by atomic mass is 9.77. The molecule has 3 rings (SSSR count). The highest BCUT2D eigenvalue weighted by Crippen LogP contribution is 2.41. The van der Waals surface area contributed by atoms with Crippen LogP contribution in [0.3, 0.4) is 0 Å². The molecule has 0 spiro atoms.